The van der Waals surface area contributed by atoms with E-state index in [9.17, 15) is 14.4 Å². The van der Waals surface area contributed by atoms with Gasteiger partial charge in [-0.3, -0.25) is 14.4 Å². The Morgan fingerprint density at radius 1 is 0.241 bits per heavy atom. The van der Waals surface area contributed by atoms with Crippen molar-refractivity contribution in [3.63, 3.8) is 0 Å². The van der Waals surface area contributed by atoms with E-state index in [0.717, 1.165) is 96.3 Å². The predicted molar refractivity (Wildman–Crippen MR) is 362 cm³/mol. The Bertz CT molecular complexity index is 1570. The summed E-state index contributed by atoms with van der Waals surface area (Å²) >= 11 is 0. The fourth-order valence-corrected chi connectivity index (χ4v) is 10.4. The van der Waals surface area contributed by atoms with E-state index in [4.69, 9.17) is 14.2 Å². The molecule has 480 valence electrons. The zero-order valence-electron chi connectivity index (χ0n) is 55.2. The molecule has 0 aliphatic heterocycles. The van der Waals surface area contributed by atoms with Crippen LogP contribution >= 0.6 is 0 Å². The summed E-state index contributed by atoms with van der Waals surface area (Å²) in [6, 6.07) is 0. The van der Waals surface area contributed by atoms with Gasteiger partial charge in [-0.1, -0.05) is 311 Å². The quantitative estimate of drug-likeness (QED) is 0.0261. The first-order valence-corrected chi connectivity index (χ1v) is 36.1. The second-order valence-corrected chi connectivity index (χ2v) is 24.1. The summed E-state index contributed by atoms with van der Waals surface area (Å²) in [5, 5.41) is 0. The number of unbranched alkanes of at least 4 members (excludes halogenated alkanes) is 41. The highest BCUT2D eigenvalue weighted by Gasteiger charge is 2.19. The smallest absolute Gasteiger partial charge is 0.306 e. The van der Waals surface area contributed by atoms with Crippen molar-refractivity contribution in [1.82, 2.24) is 0 Å². The summed E-state index contributed by atoms with van der Waals surface area (Å²) in [7, 11) is 0. The van der Waals surface area contributed by atoms with E-state index >= 15 is 0 Å². The van der Waals surface area contributed by atoms with Gasteiger partial charge in [0, 0.05) is 19.3 Å². The van der Waals surface area contributed by atoms with E-state index in [1.54, 1.807) is 0 Å². The fourth-order valence-electron chi connectivity index (χ4n) is 10.4. The molecule has 0 spiro atoms. The minimum atomic E-state index is -0.788. The molecule has 6 heteroatoms. The van der Waals surface area contributed by atoms with Crippen molar-refractivity contribution < 1.29 is 28.6 Å². The minimum Gasteiger partial charge on any atom is -0.462 e. The van der Waals surface area contributed by atoms with Gasteiger partial charge in [-0.25, -0.2) is 0 Å². The molecular weight excluding hydrogens is 1020 g/mol. The van der Waals surface area contributed by atoms with Gasteiger partial charge in [0.05, 0.1) is 0 Å². The van der Waals surface area contributed by atoms with Gasteiger partial charge < -0.3 is 14.2 Å². The van der Waals surface area contributed by atoms with E-state index in [1.807, 2.05) is 0 Å². The zero-order valence-corrected chi connectivity index (χ0v) is 55.2. The monoisotopic (exact) mass is 1160 g/mol. The predicted octanol–water partition coefficient (Wildman–Crippen LogP) is 25.0. The van der Waals surface area contributed by atoms with Crippen LogP contribution in [0.4, 0.5) is 0 Å². The average molecular weight is 1160 g/mol. The summed E-state index contributed by atoms with van der Waals surface area (Å²) in [4.78, 5) is 38.5. The third kappa shape index (κ3) is 69.3. The number of rotatable bonds is 66. The summed E-state index contributed by atoms with van der Waals surface area (Å²) in [6.07, 6.45) is 94.5. The van der Waals surface area contributed by atoms with Gasteiger partial charge in [0.25, 0.3) is 0 Å². The Labute approximate surface area is 515 Å². The van der Waals surface area contributed by atoms with Crippen molar-refractivity contribution in [2.75, 3.05) is 13.2 Å². The molecule has 0 bridgehead atoms. The summed E-state index contributed by atoms with van der Waals surface area (Å²) in [5.74, 6) is -0.879. The maximum atomic E-state index is 13.0. The van der Waals surface area contributed by atoms with E-state index in [1.165, 1.54) is 231 Å². The van der Waals surface area contributed by atoms with Gasteiger partial charge in [0.1, 0.15) is 13.2 Å². The normalized spacial score (nSPS) is 12.6. The summed E-state index contributed by atoms with van der Waals surface area (Å²) in [5.41, 5.74) is 0. The molecule has 6 nitrogen and oxygen atoms in total. The van der Waals surface area contributed by atoms with Gasteiger partial charge in [-0.2, -0.15) is 0 Å². The Balaban J connectivity index is 4.40. The Kier molecular flexibility index (Phi) is 68.2. The Morgan fingerprint density at radius 3 is 0.687 bits per heavy atom. The molecule has 0 aromatic rings. The lowest BCUT2D eigenvalue weighted by atomic mass is 10.1. The van der Waals surface area contributed by atoms with Crippen LogP contribution in [0.2, 0.25) is 0 Å². The SMILES string of the molecule is CCCCCCC/C=C\C/C=C\C/C=C\CCCCCCCCCCC(=O)OCC(COC(=O)CCCCCCCCCCC/C=C\CCCCCCCC)OC(=O)CCCCCCCCCC/C=C\C/C=C\C/C=C\CCCCCCC. The van der Waals surface area contributed by atoms with E-state index in [2.05, 4.69) is 106 Å². The first kappa shape index (κ1) is 79.6. The van der Waals surface area contributed by atoms with Crippen LogP contribution in [0.1, 0.15) is 367 Å². The van der Waals surface area contributed by atoms with E-state index in [-0.39, 0.29) is 31.1 Å². The number of carbonyl (C=O) groups excluding carboxylic acids is 3. The maximum absolute atomic E-state index is 13.0. The Morgan fingerprint density at radius 2 is 0.434 bits per heavy atom. The van der Waals surface area contributed by atoms with Gasteiger partial charge in [0.15, 0.2) is 6.10 Å². The van der Waals surface area contributed by atoms with Gasteiger partial charge >= 0.3 is 17.9 Å². The second kappa shape index (κ2) is 71.1. The number of hydrogen-bond donors (Lipinski definition) is 0. The molecule has 0 heterocycles. The molecule has 0 saturated carbocycles. The second-order valence-electron chi connectivity index (χ2n) is 24.1. The molecule has 0 aliphatic rings. The van der Waals surface area contributed by atoms with Gasteiger partial charge in [-0.15, -0.1) is 0 Å². The number of carbonyl (C=O) groups is 3. The van der Waals surface area contributed by atoms with Crippen molar-refractivity contribution in [2.45, 2.75) is 374 Å². The highest BCUT2D eigenvalue weighted by atomic mass is 16.6. The first-order valence-electron chi connectivity index (χ1n) is 36.1. The molecule has 1 unspecified atom stereocenters. The molecule has 0 saturated heterocycles. The van der Waals surface area contributed by atoms with Crippen LogP contribution in [0.25, 0.3) is 0 Å². The molecule has 0 radical (unpaired) electrons. The van der Waals surface area contributed by atoms with Crippen molar-refractivity contribution >= 4 is 17.9 Å². The number of esters is 3. The van der Waals surface area contributed by atoms with Crippen molar-refractivity contribution in [3.8, 4) is 0 Å². The topological polar surface area (TPSA) is 78.9 Å². The Hall–Kier alpha value is -3.41. The highest BCUT2D eigenvalue weighted by molar-refractivity contribution is 5.71. The fraction of sp³-hybridized carbons (Fsp3) is 0.779. The molecule has 0 aromatic heterocycles. The lowest BCUT2D eigenvalue weighted by Gasteiger charge is -2.18. The molecule has 0 amide bonds. The molecule has 0 rings (SSSR count). The van der Waals surface area contributed by atoms with Crippen LogP contribution in [0.5, 0.6) is 0 Å². The third-order valence-corrected chi connectivity index (χ3v) is 15.8. The highest BCUT2D eigenvalue weighted by Crippen LogP contribution is 2.17. The number of allylic oxidation sites excluding steroid dienone is 14. The van der Waals surface area contributed by atoms with Crippen LogP contribution in [0.3, 0.4) is 0 Å². The van der Waals surface area contributed by atoms with Crippen LogP contribution in [-0.2, 0) is 28.6 Å². The third-order valence-electron chi connectivity index (χ3n) is 15.8. The standard InChI is InChI=1S/C77H136O6/c1-4-7-10-13-16-19-22-25-28-31-34-36-38-40-43-46-49-52-55-58-61-64-67-70-76(79)82-73-74(72-81-75(78)69-66-63-60-57-54-51-48-45-42-33-30-27-24-21-18-15-12-9-6-3)83-77(80)71-68-65-62-59-56-53-50-47-44-41-39-37-35-32-29-26-23-20-17-14-11-8-5-2/h22-23,25-27,30-32,34-35,38-41,74H,4-21,24,28-29,33,36-37,42-73H2,1-3H3/b25-22-,26-23-,30-27-,34-31-,35-32-,40-38-,41-39-. The largest absolute Gasteiger partial charge is 0.462 e. The van der Waals surface area contributed by atoms with Gasteiger partial charge in [0.2, 0.25) is 0 Å². The molecule has 1 atom stereocenters. The molecule has 0 fully saturated rings. The number of ether oxygens (including phenoxy) is 3. The van der Waals surface area contributed by atoms with Crippen molar-refractivity contribution in [3.05, 3.63) is 85.1 Å². The molecular formula is C77H136O6. The molecule has 83 heavy (non-hydrogen) atoms. The zero-order chi connectivity index (χ0) is 59.9. The summed E-state index contributed by atoms with van der Waals surface area (Å²) < 4.78 is 17.0. The van der Waals surface area contributed by atoms with E-state index < -0.39 is 6.10 Å². The lowest BCUT2D eigenvalue weighted by molar-refractivity contribution is -0.167. The van der Waals surface area contributed by atoms with Crippen molar-refractivity contribution in [2.24, 2.45) is 0 Å². The first-order chi connectivity index (χ1) is 41.0. The molecule has 0 aromatic carbocycles. The number of hydrogen-bond acceptors (Lipinski definition) is 6. The lowest BCUT2D eigenvalue weighted by Crippen LogP contribution is -2.30. The average Bonchev–Trinajstić information content (AvgIpc) is 3.49. The molecule has 0 N–H and O–H groups in total. The minimum absolute atomic E-state index is 0.0814. The van der Waals surface area contributed by atoms with Crippen LogP contribution < -0.4 is 0 Å². The molecule has 0 aliphatic carbocycles. The van der Waals surface area contributed by atoms with Crippen LogP contribution in [0.15, 0.2) is 85.1 Å². The summed E-state index contributed by atoms with van der Waals surface area (Å²) in [6.45, 7) is 6.65. The van der Waals surface area contributed by atoms with Crippen molar-refractivity contribution in [1.29, 1.82) is 0 Å². The van der Waals surface area contributed by atoms with Crippen LogP contribution in [-0.4, -0.2) is 37.2 Å². The maximum Gasteiger partial charge on any atom is 0.306 e. The van der Waals surface area contributed by atoms with Crippen LogP contribution in [0, 0.1) is 0 Å². The van der Waals surface area contributed by atoms with Gasteiger partial charge in [-0.05, 0) is 122 Å². The van der Waals surface area contributed by atoms with E-state index in [0.29, 0.717) is 19.3 Å².